The molecule has 0 radical (unpaired) electrons. The van der Waals surface area contributed by atoms with E-state index in [9.17, 15) is 8.42 Å². The molecule has 3 N–H and O–H groups in total. The first-order valence-electron chi connectivity index (χ1n) is 6.75. The molecule has 2 aromatic rings. The van der Waals surface area contributed by atoms with Gasteiger partial charge in [-0.15, -0.1) is 0 Å². The Morgan fingerprint density at radius 2 is 1.80 bits per heavy atom. The Kier molecular flexibility index (Phi) is 4.30. The molecule has 0 bridgehead atoms. The number of rotatable bonds is 5. The van der Waals surface area contributed by atoms with Crippen molar-refractivity contribution in [2.45, 2.75) is 37.6 Å². The Balaban J connectivity index is 2.50. The highest BCUT2D eigenvalue weighted by Gasteiger charge is 2.20. The highest BCUT2D eigenvalue weighted by atomic mass is 32.2. The molecule has 0 heterocycles. The van der Waals surface area contributed by atoms with Gasteiger partial charge in [0.2, 0.25) is 10.0 Å². The summed E-state index contributed by atoms with van der Waals surface area (Å²) in [4.78, 5) is 0.283. The molecule has 0 aromatic heterocycles. The van der Waals surface area contributed by atoms with Crippen molar-refractivity contribution >= 4 is 26.5 Å². The minimum Gasteiger partial charge on any atom is -0.398 e. The molecule has 20 heavy (non-hydrogen) atoms. The first-order valence-corrected chi connectivity index (χ1v) is 8.23. The van der Waals surface area contributed by atoms with Crippen LogP contribution in [0, 0.1) is 0 Å². The van der Waals surface area contributed by atoms with Gasteiger partial charge < -0.3 is 5.73 Å². The van der Waals surface area contributed by atoms with E-state index < -0.39 is 10.0 Å². The zero-order valence-corrected chi connectivity index (χ0v) is 12.6. The number of hydrogen-bond acceptors (Lipinski definition) is 3. The minimum atomic E-state index is -3.53. The molecule has 0 aliphatic rings. The van der Waals surface area contributed by atoms with Gasteiger partial charge in [0.25, 0.3) is 0 Å². The van der Waals surface area contributed by atoms with Crippen LogP contribution in [0.2, 0.25) is 0 Å². The van der Waals surface area contributed by atoms with Gasteiger partial charge in [0.15, 0.2) is 0 Å². The van der Waals surface area contributed by atoms with Gasteiger partial charge in [0.05, 0.1) is 4.90 Å². The lowest BCUT2D eigenvalue weighted by Crippen LogP contribution is -2.32. The van der Waals surface area contributed by atoms with Gasteiger partial charge in [-0.25, -0.2) is 13.1 Å². The minimum absolute atomic E-state index is 0.0821. The van der Waals surface area contributed by atoms with Crippen LogP contribution in [0.3, 0.4) is 0 Å². The van der Waals surface area contributed by atoms with Crippen molar-refractivity contribution in [3.05, 3.63) is 36.4 Å². The molecular weight excluding hydrogens is 272 g/mol. The topological polar surface area (TPSA) is 72.2 Å². The molecule has 0 aliphatic heterocycles. The molecule has 108 valence electrons. The summed E-state index contributed by atoms with van der Waals surface area (Å²) in [6.07, 6.45) is 1.75. The number of sulfonamides is 1. The van der Waals surface area contributed by atoms with Gasteiger partial charge in [-0.05, 0) is 25.5 Å². The second-order valence-corrected chi connectivity index (χ2v) is 6.69. The van der Waals surface area contributed by atoms with Crippen LogP contribution in [-0.4, -0.2) is 14.5 Å². The highest BCUT2D eigenvalue weighted by Crippen LogP contribution is 2.27. The van der Waals surface area contributed by atoms with Crippen LogP contribution in [0.5, 0.6) is 0 Å². The zero-order chi connectivity index (χ0) is 14.8. The van der Waals surface area contributed by atoms with Gasteiger partial charge in [0.1, 0.15) is 0 Å². The number of hydrogen-bond donors (Lipinski definition) is 2. The van der Waals surface area contributed by atoms with Crippen LogP contribution < -0.4 is 10.5 Å². The van der Waals surface area contributed by atoms with Crippen LogP contribution in [-0.2, 0) is 10.0 Å². The quantitative estimate of drug-likeness (QED) is 0.832. The molecule has 0 aliphatic carbocycles. The third-order valence-electron chi connectivity index (χ3n) is 3.29. The molecule has 0 fully saturated rings. The summed E-state index contributed by atoms with van der Waals surface area (Å²) in [5, 5.41) is 1.42. The summed E-state index contributed by atoms with van der Waals surface area (Å²) in [6.45, 7) is 3.91. The maximum atomic E-state index is 12.5. The second-order valence-electron chi connectivity index (χ2n) is 5.01. The zero-order valence-electron chi connectivity index (χ0n) is 11.8. The van der Waals surface area contributed by atoms with Crippen LogP contribution in [0.25, 0.3) is 10.8 Å². The van der Waals surface area contributed by atoms with Gasteiger partial charge in [-0.3, -0.25) is 0 Å². The van der Waals surface area contributed by atoms with Crippen molar-refractivity contribution in [3.63, 3.8) is 0 Å². The summed E-state index contributed by atoms with van der Waals surface area (Å²) >= 11 is 0. The average molecular weight is 292 g/mol. The van der Waals surface area contributed by atoms with Crippen molar-refractivity contribution < 1.29 is 8.42 Å². The standard InChI is InChI=1S/C15H20N2O2S/c1-3-6-11(2)17-20(18,19)15-10-9-14(16)12-7-4-5-8-13(12)15/h4-5,7-11,17H,3,6,16H2,1-2H3. The van der Waals surface area contributed by atoms with Crippen molar-refractivity contribution in [2.24, 2.45) is 0 Å². The predicted octanol–water partition coefficient (Wildman–Crippen LogP) is 2.89. The van der Waals surface area contributed by atoms with E-state index >= 15 is 0 Å². The second kappa shape index (κ2) is 5.81. The van der Waals surface area contributed by atoms with Crippen LogP contribution in [0.1, 0.15) is 26.7 Å². The summed E-state index contributed by atoms with van der Waals surface area (Å²) < 4.78 is 27.7. The van der Waals surface area contributed by atoms with Crippen LogP contribution >= 0.6 is 0 Å². The Labute approximate surface area is 120 Å². The van der Waals surface area contributed by atoms with Crippen molar-refractivity contribution in [2.75, 3.05) is 5.73 Å². The predicted molar refractivity (Wildman–Crippen MR) is 83.1 cm³/mol. The van der Waals surface area contributed by atoms with Gasteiger partial charge in [-0.2, -0.15) is 0 Å². The average Bonchev–Trinajstić information content (AvgIpc) is 2.38. The van der Waals surface area contributed by atoms with Gasteiger partial charge >= 0.3 is 0 Å². The number of anilines is 1. The molecule has 0 saturated carbocycles. The Morgan fingerprint density at radius 3 is 2.45 bits per heavy atom. The number of nitrogen functional groups attached to an aromatic ring is 1. The summed E-state index contributed by atoms with van der Waals surface area (Å²) in [5.41, 5.74) is 6.49. The van der Waals surface area contributed by atoms with Crippen LogP contribution in [0.15, 0.2) is 41.3 Å². The normalized spacial score (nSPS) is 13.5. The Bertz CT molecular complexity index is 711. The molecule has 4 nitrogen and oxygen atoms in total. The number of nitrogens with two attached hydrogens (primary N) is 1. The molecule has 0 spiro atoms. The lowest BCUT2D eigenvalue weighted by atomic mass is 10.1. The van der Waals surface area contributed by atoms with E-state index in [2.05, 4.69) is 4.72 Å². The Hall–Kier alpha value is -1.59. The lowest BCUT2D eigenvalue weighted by molar-refractivity contribution is 0.544. The Morgan fingerprint density at radius 1 is 1.15 bits per heavy atom. The fourth-order valence-electron chi connectivity index (χ4n) is 2.35. The van der Waals surface area contributed by atoms with Crippen LogP contribution in [0.4, 0.5) is 5.69 Å². The van der Waals surface area contributed by atoms with E-state index in [1.54, 1.807) is 18.2 Å². The summed E-state index contributed by atoms with van der Waals surface area (Å²) in [7, 11) is -3.53. The van der Waals surface area contributed by atoms with E-state index in [1.165, 1.54) is 0 Å². The third kappa shape index (κ3) is 2.94. The molecule has 2 aromatic carbocycles. The molecule has 0 amide bonds. The van der Waals surface area contributed by atoms with Crippen molar-refractivity contribution in [3.8, 4) is 0 Å². The van der Waals surface area contributed by atoms with Crippen molar-refractivity contribution in [1.82, 2.24) is 4.72 Å². The first-order chi connectivity index (χ1) is 9.45. The summed E-state index contributed by atoms with van der Waals surface area (Å²) in [6, 6.07) is 10.4. The number of fused-ring (bicyclic) bond motifs is 1. The SMILES string of the molecule is CCCC(C)NS(=O)(=O)c1ccc(N)c2ccccc12. The van der Waals surface area contributed by atoms with E-state index in [0.29, 0.717) is 11.1 Å². The largest absolute Gasteiger partial charge is 0.398 e. The maximum absolute atomic E-state index is 12.5. The lowest BCUT2D eigenvalue weighted by Gasteiger charge is -2.15. The monoisotopic (exact) mass is 292 g/mol. The fraction of sp³-hybridized carbons (Fsp3) is 0.333. The maximum Gasteiger partial charge on any atom is 0.241 e. The first kappa shape index (κ1) is 14.8. The van der Waals surface area contributed by atoms with Gasteiger partial charge in [-0.1, -0.05) is 37.6 Å². The third-order valence-corrected chi connectivity index (χ3v) is 4.93. The molecule has 1 unspecified atom stereocenters. The van der Waals surface area contributed by atoms with Gasteiger partial charge in [0, 0.05) is 22.5 Å². The molecule has 5 heteroatoms. The fourth-order valence-corrected chi connectivity index (χ4v) is 3.84. The summed E-state index contributed by atoms with van der Waals surface area (Å²) in [5.74, 6) is 0. The number of benzene rings is 2. The van der Waals surface area contributed by atoms with E-state index in [1.807, 2.05) is 32.0 Å². The smallest absolute Gasteiger partial charge is 0.241 e. The molecule has 1 atom stereocenters. The van der Waals surface area contributed by atoms with E-state index in [0.717, 1.165) is 18.2 Å². The van der Waals surface area contributed by atoms with Crippen molar-refractivity contribution in [1.29, 1.82) is 0 Å². The van der Waals surface area contributed by atoms with E-state index in [-0.39, 0.29) is 10.9 Å². The molecule has 0 saturated heterocycles. The van der Waals surface area contributed by atoms with E-state index in [4.69, 9.17) is 5.73 Å². The molecule has 2 rings (SSSR count). The molecular formula is C15H20N2O2S. The number of nitrogens with one attached hydrogen (secondary N) is 1. The highest BCUT2D eigenvalue weighted by molar-refractivity contribution is 7.89.